The molecule has 0 aliphatic rings. The average molecular weight is 232 g/mol. The van der Waals surface area contributed by atoms with Gasteiger partial charge in [-0.1, -0.05) is 3.89 Å². The van der Waals surface area contributed by atoms with Crippen molar-refractivity contribution in [2.45, 2.75) is 18.7 Å². The summed E-state index contributed by atoms with van der Waals surface area (Å²) in [6, 6.07) is 0. The van der Waals surface area contributed by atoms with E-state index in [4.69, 9.17) is 0 Å². The SMILES string of the molecule is O=S(=O)(F)OC(C(F)F)C(F)(F)F. The molecule has 0 bridgehead atoms. The predicted molar refractivity (Wildman–Crippen MR) is 27.0 cm³/mol. The molecule has 10 heteroatoms. The van der Waals surface area contributed by atoms with E-state index in [1.54, 1.807) is 0 Å². The zero-order chi connectivity index (χ0) is 10.9. The van der Waals surface area contributed by atoms with Crippen molar-refractivity contribution in [2.24, 2.45) is 0 Å². The predicted octanol–water partition coefficient (Wildman–Crippen LogP) is 1.41. The van der Waals surface area contributed by atoms with Gasteiger partial charge in [0.05, 0.1) is 0 Å². The van der Waals surface area contributed by atoms with E-state index < -0.39 is 29.2 Å². The van der Waals surface area contributed by atoms with Crippen molar-refractivity contribution >= 4 is 10.5 Å². The molecule has 0 amide bonds. The fourth-order valence-corrected chi connectivity index (χ4v) is 0.804. The molecule has 0 N–H and O–H groups in total. The minimum Gasteiger partial charge on any atom is -0.226 e. The molecule has 0 aromatic heterocycles. The third kappa shape index (κ3) is 4.93. The van der Waals surface area contributed by atoms with Gasteiger partial charge in [0, 0.05) is 0 Å². The molecule has 1 unspecified atom stereocenters. The first-order valence-electron chi connectivity index (χ1n) is 2.52. The molecule has 80 valence electrons. The van der Waals surface area contributed by atoms with Gasteiger partial charge in [-0.2, -0.15) is 21.6 Å². The molecule has 0 aliphatic heterocycles. The van der Waals surface area contributed by atoms with Gasteiger partial charge in [0.2, 0.25) is 6.10 Å². The molecule has 0 aromatic carbocycles. The van der Waals surface area contributed by atoms with Gasteiger partial charge < -0.3 is 0 Å². The van der Waals surface area contributed by atoms with Crippen LogP contribution in [-0.2, 0) is 14.7 Å². The zero-order valence-corrected chi connectivity index (χ0v) is 6.37. The van der Waals surface area contributed by atoms with Gasteiger partial charge >= 0.3 is 16.7 Å². The number of hydrogen-bond donors (Lipinski definition) is 0. The molecule has 0 rings (SSSR count). The van der Waals surface area contributed by atoms with Gasteiger partial charge in [-0.05, 0) is 0 Å². The minimum atomic E-state index is -6.05. The molecule has 3 nitrogen and oxygen atoms in total. The van der Waals surface area contributed by atoms with Gasteiger partial charge in [-0.25, -0.2) is 13.0 Å². The lowest BCUT2D eigenvalue weighted by molar-refractivity contribution is -0.227. The largest absolute Gasteiger partial charge is 0.438 e. The number of rotatable bonds is 3. The van der Waals surface area contributed by atoms with Crippen molar-refractivity contribution in [1.29, 1.82) is 0 Å². The van der Waals surface area contributed by atoms with Gasteiger partial charge in [0.1, 0.15) is 0 Å². The van der Waals surface area contributed by atoms with Crippen molar-refractivity contribution in [1.82, 2.24) is 0 Å². The van der Waals surface area contributed by atoms with E-state index in [9.17, 15) is 34.3 Å². The molecule has 0 spiro atoms. The lowest BCUT2D eigenvalue weighted by Gasteiger charge is -2.16. The maximum absolute atomic E-state index is 11.5. The molecule has 0 aliphatic carbocycles. The van der Waals surface area contributed by atoms with E-state index in [0.717, 1.165) is 0 Å². The standard InChI is InChI=1S/C3H2F6O3S/c4-2(5)1(3(6,7)8)12-13(9,10)11/h1-2H. The third-order valence-corrected chi connectivity index (χ3v) is 1.21. The summed E-state index contributed by atoms with van der Waals surface area (Å²) < 4.78 is 90.2. The van der Waals surface area contributed by atoms with E-state index in [0.29, 0.717) is 0 Å². The lowest BCUT2D eigenvalue weighted by atomic mass is 10.4. The molecule has 0 saturated heterocycles. The number of halogens is 6. The van der Waals surface area contributed by atoms with E-state index in [2.05, 4.69) is 4.18 Å². The summed E-state index contributed by atoms with van der Waals surface area (Å²) in [4.78, 5) is 0. The normalized spacial score (nSPS) is 16.2. The second kappa shape index (κ2) is 3.70. The van der Waals surface area contributed by atoms with Gasteiger partial charge in [-0.3, -0.25) is 0 Å². The van der Waals surface area contributed by atoms with Crippen molar-refractivity contribution in [2.75, 3.05) is 0 Å². The smallest absolute Gasteiger partial charge is 0.226 e. The van der Waals surface area contributed by atoms with E-state index in [-0.39, 0.29) is 0 Å². The summed E-state index contributed by atoms with van der Waals surface area (Å²) in [6.45, 7) is 0. The molecular formula is C3H2F6O3S. The Hall–Kier alpha value is -0.510. The fourth-order valence-electron chi connectivity index (χ4n) is 0.363. The summed E-state index contributed by atoms with van der Waals surface area (Å²) >= 11 is 0. The Balaban J connectivity index is 4.66. The molecular weight excluding hydrogens is 230 g/mol. The summed E-state index contributed by atoms with van der Waals surface area (Å²) in [5.74, 6) is 0. The van der Waals surface area contributed by atoms with Crippen LogP contribution in [0.2, 0.25) is 0 Å². The topological polar surface area (TPSA) is 43.4 Å². The number of alkyl halides is 5. The van der Waals surface area contributed by atoms with Crippen LogP contribution in [0.4, 0.5) is 25.8 Å². The molecule has 0 radical (unpaired) electrons. The maximum atomic E-state index is 11.5. The van der Waals surface area contributed by atoms with Crippen LogP contribution in [0.5, 0.6) is 0 Å². The maximum Gasteiger partial charge on any atom is 0.438 e. The molecule has 13 heavy (non-hydrogen) atoms. The highest BCUT2D eigenvalue weighted by Crippen LogP contribution is 2.28. The van der Waals surface area contributed by atoms with Crippen molar-refractivity contribution in [3.63, 3.8) is 0 Å². The Labute approximate surface area is 68.7 Å². The summed E-state index contributed by atoms with van der Waals surface area (Å²) in [6.07, 6.45) is -13.8. The monoisotopic (exact) mass is 232 g/mol. The van der Waals surface area contributed by atoms with Gasteiger partial charge in [-0.15, -0.1) is 0 Å². The Morgan fingerprint density at radius 3 is 1.62 bits per heavy atom. The molecule has 0 aromatic rings. The Morgan fingerprint density at radius 2 is 1.54 bits per heavy atom. The van der Waals surface area contributed by atoms with Gasteiger partial charge in [0.15, 0.2) is 0 Å². The molecule has 0 fully saturated rings. The highest BCUT2D eigenvalue weighted by atomic mass is 32.3. The van der Waals surface area contributed by atoms with Crippen LogP contribution in [-0.4, -0.2) is 27.1 Å². The van der Waals surface area contributed by atoms with Gasteiger partial charge in [0.25, 0.3) is 6.43 Å². The Morgan fingerprint density at radius 1 is 1.15 bits per heavy atom. The first kappa shape index (κ1) is 12.5. The summed E-state index contributed by atoms with van der Waals surface area (Å²) in [7, 11) is -6.05. The van der Waals surface area contributed by atoms with Crippen LogP contribution in [0.15, 0.2) is 0 Å². The zero-order valence-electron chi connectivity index (χ0n) is 5.56. The molecule has 1 atom stereocenters. The minimum absolute atomic E-state index is 2.49. The lowest BCUT2D eigenvalue weighted by Crippen LogP contribution is -2.38. The first-order chi connectivity index (χ1) is 5.54. The fraction of sp³-hybridized carbons (Fsp3) is 1.00. The quantitative estimate of drug-likeness (QED) is 0.545. The second-order valence-corrected chi connectivity index (χ2v) is 2.76. The molecule has 0 heterocycles. The van der Waals surface area contributed by atoms with Crippen LogP contribution in [0.25, 0.3) is 0 Å². The van der Waals surface area contributed by atoms with Crippen LogP contribution >= 0.6 is 0 Å². The van der Waals surface area contributed by atoms with E-state index in [1.165, 1.54) is 0 Å². The van der Waals surface area contributed by atoms with Crippen LogP contribution in [0.1, 0.15) is 0 Å². The van der Waals surface area contributed by atoms with Crippen LogP contribution < -0.4 is 0 Å². The second-order valence-electron chi connectivity index (χ2n) is 1.79. The van der Waals surface area contributed by atoms with Crippen LogP contribution in [0, 0.1) is 0 Å². The summed E-state index contributed by atoms with van der Waals surface area (Å²) in [5.41, 5.74) is 0. The highest BCUT2D eigenvalue weighted by Gasteiger charge is 2.50. The van der Waals surface area contributed by atoms with Crippen molar-refractivity contribution < 1.29 is 38.4 Å². The molecule has 0 saturated carbocycles. The van der Waals surface area contributed by atoms with Crippen molar-refractivity contribution in [3.05, 3.63) is 0 Å². The Kier molecular flexibility index (Phi) is 3.55. The number of hydrogen-bond acceptors (Lipinski definition) is 3. The van der Waals surface area contributed by atoms with Crippen molar-refractivity contribution in [3.8, 4) is 0 Å². The first-order valence-corrected chi connectivity index (χ1v) is 3.82. The average Bonchev–Trinajstić information content (AvgIpc) is 1.77. The van der Waals surface area contributed by atoms with E-state index in [1.807, 2.05) is 0 Å². The summed E-state index contributed by atoms with van der Waals surface area (Å²) in [5, 5.41) is 0. The Bertz CT molecular complexity index is 255. The van der Waals surface area contributed by atoms with Crippen LogP contribution in [0.3, 0.4) is 0 Å². The van der Waals surface area contributed by atoms with E-state index >= 15 is 0 Å². The third-order valence-electron chi connectivity index (χ3n) is 0.770. The highest BCUT2D eigenvalue weighted by molar-refractivity contribution is 7.81.